The Morgan fingerprint density at radius 1 is 1.36 bits per heavy atom. The van der Waals surface area contributed by atoms with Crippen LogP contribution in [0.3, 0.4) is 0 Å². The standard InChI is InChI=1S/C12H17NO/c1-3-9-6-11-8-13-5-4-10(11)7-12(9)14-2/h6-7,13H,3-5,8H2,1-2H3. The number of hydrogen-bond donors (Lipinski definition) is 1. The van der Waals surface area contributed by atoms with Crippen molar-refractivity contribution in [1.29, 1.82) is 0 Å². The molecule has 2 heteroatoms. The van der Waals surface area contributed by atoms with Gasteiger partial charge < -0.3 is 10.1 Å². The van der Waals surface area contributed by atoms with Crippen molar-refractivity contribution in [3.05, 3.63) is 28.8 Å². The fourth-order valence-electron chi connectivity index (χ4n) is 2.03. The van der Waals surface area contributed by atoms with Crippen molar-refractivity contribution in [2.24, 2.45) is 0 Å². The lowest BCUT2D eigenvalue weighted by molar-refractivity contribution is 0.408. The second-order valence-corrected chi connectivity index (χ2v) is 3.71. The summed E-state index contributed by atoms with van der Waals surface area (Å²) in [6, 6.07) is 4.48. The van der Waals surface area contributed by atoms with Crippen molar-refractivity contribution in [3.63, 3.8) is 0 Å². The van der Waals surface area contributed by atoms with E-state index in [0.29, 0.717) is 0 Å². The summed E-state index contributed by atoms with van der Waals surface area (Å²) in [6.07, 6.45) is 2.16. The van der Waals surface area contributed by atoms with E-state index in [9.17, 15) is 0 Å². The Bertz CT molecular complexity index is 289. The van der Waals surface area contributed by atoms with E-state index in [-0.39, 0.29) is 0 Å². The number of benzene rings is 1. The summed E-state index contributed by atoms with van der Waals surface area (Å²) >= 11 is 0. The summed E-state index contributed by atoms with van der Waals surface area (Å²) in [7, 11) is 1.75. The van der Waals surface area contributed by atoms with Gasteiger partial charge in [0.1, 0.15) is 5.75 Å². The normalized spacial score (nSPS) is 15.0. The Morgan fingerprint density at radius 2 is 2.21 bits per heavy atom. The topological polar surface area (TPSA) is 21.3 Å². The molecule has 2 nitrogen and oxygen atoms in total. The zero-order valence-corrected chi connectivity index (χ0v) is 8.89. The fraction of sp³-hybridized carbons (Fsp3) is 0.500. The van der Waals surface area contributed by atoms with E-state index in [0.717, 1.165) is 31.7 Å². The molecule has 0 saturated carbocycles. The van der Waals surface area contributed by atoms with Crippen molar-refractivity contribution in [2.75, 3.05) is 13.7 Å². The third-order valence-electron chi connectivity index (χ3n) is 2.87. The van der Waals surface area contributed by atoms with Gasteiger partial charge in [0.25, 0.3) is 0 Å². The molecule has 76 valence electrons. The minimum absolute atomic E-state index is 1.01. The number of nitrogens with one attached hydrogen (secondary N) is 1. The molecule has 0 unspecified atom stereocenters. The van der Waals surface area contributed by atoms with Crippen molar-refractivity contribution < 1.29 is 4.74 Å². The molecule has 0 fully saturated rings. The monoisotopic (exact) mass is 191 g/mol. The highest BCUT2D eigenvalue weighted by Gasteiger charge is 2.12. The SMILES string of the molecule is CCc1cc2c(cc1OC)CCNC2. The molecule has 0 radical (unpaired) electrons. The van der Waals surface area contributed by atoms with Gasteiger partial charge in [0, 0.05) is 6.54 Å². The van der Waals surface area contributed by atoms with Crippen LogP contribution in [0, 0.1) is 0 Å². The van der Waals surface area contributed by atoms with Gasteiger partial charge in [0.15, 0.2) is 0 Å². The predicted molar refractivity (Wildman–Crippen MR) is 57.8 cm³/mol. The molecule has 0 spiro atoms. The minimum atomic E-state index is 1.01. The third-order valence-corrected chi connectivity index (χ3v) is 2.87. The van der Waals surface area contributed by atoms with Crippen LogP contribution in [0.15, 0.2) is 12.1 Å². The Morgan fingerprint density at radius 3 is 2.93 bits per heavy atom. The van der Waals surface area contributed by atoms with Gasteiger partial charge in [-0.05, 0) is 42.1 Å². The Balaban J connectivity index is 2.43. The van der Waals surface area contributed by atoms with Crippen LogP contribution in [0.1, 0.15) is 23.6 Å². The molecular formula is C12H17NO. The Kier molecular flexibility index (Phi) is 2.73. The minimum Gasteiger partial charge on any atom is -0.496 e. The highest BCUT2D eigenvalue weighted by atomic mass is 16.5. The van der Waals surface area contributed by atoms with Gasteiger partial charge in [-0.2, -0.15) is 0 Å². The molecule has 0 saturated heterocycles. The van der Waals surface area contributed by atoms with Crippen LogP contribution < -0.4 is 10.1 Å². The quantitative estimate of drug-likeness (QED) is 0.771. The molecular weight excluding hydrogens is 174 g/mol. The third kappa shape index (κ3) is 1.62. The van der Waals surface area contributed by atoms with Crippen LogP contribution >= 0.6 is 0 Å². The molecule has 1 aromatic rings. The molecule has 1 aliphatic heterocycles. The first-order valence-electron chi connectivity index (χ1n) is 5.24. The highest BCUT2D eigenvalue weighted by molar-refractivity contribution is 5.43. The van der Waals surface area contributed by atoms with Gasteiger partial charge in [0.05, 0.1) is 7.11 Å². The van der Waals surface area contributed by atoms with Gasteiger partial charge in [-0.3, -0.25) is 0 Å². The summed E-state index contributed by atoms with van der Waals surface area (Å²) in [5, 5.41) is 3.39. The van der Waals surface area contributed by atoms with E-state index >= 15 is 0 Å². The van der Waals surface area contributed by atoms with Crippen LogP contribution in [0.5, 0.6) is 5.75 Å². The second-order valence-electron chi connectivity index (χ2n) is 3.71. The van der Waals surface area contributed by atoms with Crippen LogP contribution in [0.2, 0.25) is 0 Å². The molecule has 0 amide bonds. The van der Waals surface area contributed by atoms with E-state index in [2.05, 4.69) is 24.4 Å². The van der Waals surface area contributed by atoms with E-state index in [1.165, 1.54) is 16.7 Å². The average Bonchev–Trinajstić information content (AvgIpc) is 2.27. The van der Waals surface area contributed by atoms with Gasteiger partial charge in [-0.25, -0.2) is 0 Å². The molecule has 1 N–H and O–H groups in total. The predicted octanol–water partition coefficient (Wildman–Crippen LogP) is 1.90. The van der Waals surface area contributed by atoms with Crippen molar-refractivity contribution in [1.82, 2.24) is 5.32 Å². The zero-order chi connectivity index (χ0) is 9.97. The van der Waals surface area contributed by atoms with Crippen molar-refractivity contribution >= 4 is 0 Å². The molecule has 1 aromatic carbocycles. The van der Waals surface area contributed by atoms with E-state index in [1.54, 1.807) is 7.11 Å². The summed E-state index contributed by atoms with van der Waals surface area (Å²) < 4.78 is 5.38. The van der Waals surface area contributed by atoms with E-state index < -0.39 is 0 Å². The number of fused-ring (bicyclic) bond motifs is 1. The number of methoxy groups -OCH3 is 1. The van der Waals surface area contributed by atoms with Gasteiger partial charge in [-0.15, -0.1) is 0 Å². The molecule has 0 atom stereocenters. The second kappa shape index (κ2) is 4.01. The van der Waals surface area contributed by atoms with Gasteiger partial charge >= 0.3 is 0 Å². The first-order chi connectivity index (χ1) is 6.85. The summed E-state index contributed by atoms with van der Waals surface area (Å²) in [5.74, 6) is 1.05. The summed E-state index contributed by atoms with van der Waals surface area (Å²) in [4.78, 5) is 0. The van der Waals surface area contributed by atoms with Crippen molar-refractivity contribution in [2.45, 2.75) is 26.3 Å². The number of rotatable bonds is 2. The first-order valence-corrected chi connectivity index (χ1v) is 5.24. The maximum Gasteiger partial charge on any atom is 0.122 e. The van der Waals surface area contributed by atoms with Crippen LogP contribution in [0.4, 0.5) is 0 Å². The summed E-state index contributed by atoms with van der Waals surface area (Å²) in [6.45, 7) is 4.26. The lowest BCUT2D eigenvalue weighted by atomic mass is 9.97. The lowest BCUT2D eigenvalue weighted by Crippen LogP contribution is -2.23. The van der Waals surface area contributed by atoms with Crippen LogP contribution in [-0.4, -0.2) is 13.7 Å². The van der Waals surface area contributed by atoms with Crippen LogP contribution in [-0.2, 0) is 19.4 Å². The van der Waals surface area contributed by atoms with E-state index in [1.807, 2.05) is 0 Å². The molecule has 14 heavy (non-hydrogen) atoms. The Labute approximate surface area is 85.3 Å². The molecule has 0 aliphatic carbocycles. The summed E-state index contributed by atoms with van der Waals surface area (Å²) in [5.41, 5.74) is 4.20. The van der Waals surface area contributed by atoms with Gasteiger partial charge in [-0.1, -0.05) is 13.0 Å². The number of ether oxygens (including phenoxy) is 1. The maximum atomic E-state index is 5.38. The lowest BCUT2D eigenvalue weighted by Gasteiger charge is -2.19. The number of hydrogen-bond acceptors (Lipinski definition) is 2. The smallest absolute Gasteiger partial charge is 0.122 e. The molecule has 1 aliphatic rings. The Hall–Kier alpha value is -1.02. The molecule has 0 bridgehead atoms. The largest absolute Gasteiger partial charge is 0.496 e. The number of aryl methyl sites for hydroxylation is 1. The van der Waals surface area contributed by atoms with Crippen LogP contribution in [0.25, 0.3) is 0 Å². The molecule has 2 rings (SSSR count). The molecule has 1 heterocycles. The fourth-order valence-corrected chi connectivity index (χ4v) is 2.03. The zero-order valence-electron chi connectivity index (χ0n) is 8.89. The van der Waals surface area contributed by atoms with Crippen molar-refractivity contribution in [3.8, 4) is 5.75 Å². The highest BCUT2D eigenvalue weighted by Crippen LogP contribution is 2.25. The average molecular weight is 191 g/mol. The van der Waals surface area contributed by atoms with E-state index in [4.69, 9.17) is 4.74 Å². The van der Waals surface area contributed by atoms with Gasteiger partial charge in [0.2, 0.25) is 0 Å². The first kappa shape index (κ1) is 9.53. The maximum absolute atomic E-state index is 5.38. The molecule has 0 aromatic heterocycles.